The van der Waals surface area contributed by atoms with E-state index >= 15 is 0 Å². The Morgan fingerprint density at radius 3 is 2.10 bits per heavy atom. The average Bonchev–Trinajstić information content (AvgIpc) is 2.25. The Kier molecular flexibility index (Phi) is 6.06. The minimum atomic E-state index is -4.03. The summed E-state index contributed by atoms with van der Waals surface area (Å²) in [4.78, 5) is 0. The molecule has 1 N–H and O–H groups in total. The van der Waals surface area contributed by atoms with Gasteiger partial charge in [-0.25, -0.2) is 0 Å². The Bertz CT molecular complexity index is 415. The van der Waals surface area contributed by atoms with Gasteiger partial charge in [0.1, 0.15) is 0 Å². The van der Waals surface area contributed by atoms with Crippen LogP contribution in [0.4, 0.5) is 13.2 Å². The van der Waals surface area contributed by atoms with Gasteiger partial charge in [-0.15, -0.1) is 0 Å². The lowest BCUT2D eigenvalue weighted by Gasteiger charge is -2.20. The van der Waals surface area contributed by atoms with E-state index in [1.807, 2.05) is 0 Å². The fraction of sp³-hybridized carbons (Fsp3) is 0.625. The van der Waals surface area contributed by atoms with Crippen LogP contribution in [-0.4, -0.2) is 12.7 Å². The Labute approximate surface area is 119 Å². The fourth-order valence-corrected chi connectivity index (χ4v) is 2.75. The summed E-state index contributed by atoms with van der Waals surface area (Å²) in [6, 6.07) is 4.45. The van der Waals surface area contributed by atoms with Gasteiger partial charge in [0.05, 0.1) is 0 Å². The zero-order chi connectivity index (χ0) is 15.3. The Balaban J connectivity index is 2.46. The highest BCUT2D eigenvalue weighted by Gasteiger charge is 2.25. The second-order valence-corrected chi connectivity index (χ2v) is 5.56. The van der Waals surface area contributed by atoms with Crippen LogP contribution in [0.2, 0.25) is 0 Å². The maximum absolute atomic E-state index is 12.0. The smallest absolute Gasteiger partial charge is 0.310 e. The van der Waals surface area contributed by atoms with Gasteiger partial charge in [-0.2, -0.15) is 13.2 Å². The number of alkyl halides is 3. The summed E-state index contributed by atoms with van der Waals surface area (Å²) >= 11 is 0. The lowest BCUT2D eigenvalue weighted by Crippen LogP contribution is -2.22. The summed E-state index contributed by atoms with van der Waals surface area (Å²) in [5.74, 6) is 0. The first-order valence-electron chi connectivity index (χ1n) is 7.08. The molecule has 114 valence electrons. The van der Waals surface area contributed by atoms with Crippen molar-refractivity contribution in [1.82, 2.24) is 5.32 Å². The molecule has 0 aromatic heterocycles. The van der Waals surface area contributed by atoms with Crippen molar-refractivity contribution in [3.05, 3.63) is 34.4 Å². The van der Waals surface area contributed by atoms with Crippen molar-refractivity contribution in [2.75, 3.05) is 6.54 Å². The van der Waals surface area contributed by atoms with E-state index in [4.69, 9.17) is 0 Å². The summed E-state index contributed by atoms with van der Waals surface area (Å²) in [5.41, 5.74) is 4.96. The summed E-state index contributed by atoms with van der Waals surface area (Å²) in [6.45, 7) is 8.91. The number of rotatable bonds is 6. The molecule has 0 bridgehead atoms. The van der Waals surface area contributed by atoms with Crippen LogP contribution < -0.4 is 5.32 Å². The van der Waals surface area contributed by atoms with Gasteiger partial charge < -0.3 is 5.32 Å². The van der Waals surface area contributed by atoms with Crippen LogP contribution >= 0.6 is 0 Å². The van der Waals surface area contributed by atoms with Crippen LogP contribution in [0, 0.1) is 20.8 Å². The molecule has 0 saturated heterocycles. The molecule has 1 aromatic rings. The average molecular weight is 287 g/mol. The monoisotopic (exact) mass is 287 g/mol. The molecule has 1 aromatic carbocycles. The number of benzene rings is 1. The number of unbranched alkanes of at least 4 members (excludes halogenated alkanes) is 1. The van der Waals surface area contributed by atoms with Crippen LogP contribution in [0.5, 0.6) is 0 Å². The van der Waals surface area contributed by atoms with Crippen molar-refractivity contribution < 1.29 is 13.2 Å². The summed E-state index contributed by atoms with van der Waals surface area (Å²) in [6.07, 6.45) is -3.98. The Hall–Kier alpha value is -1.03. The molecule has 0 radical (unpaired) electrons. The first kappa shape index (κ1) is 17.0. The predicted molar refractivity (Wildman–Crippen MR) is 77.0 cm³/mol. The molecule has 0 aliphatic heterocycles. The maximum atomic E-state index is 12.0. The predicted octanol–water partition coefficient (Wildman–Crippen LogP) is 5.00. The molecule has 0 spiro atoms. The fourth-order valence-electron chi connectivity index (χ4n) is 2.75. The zero-order valence-electron chi connectivity index (χ0n) is 12.7. The molecule has 1 unspecified atom stereocenters. The van der Waals surface area contributed by atoms with Gasteiger partial charge in [0, 0.05) is 12.5 Å². The number of halogens is 3. The molecule has 4 heteroatoms. The number of nitrogens with one attached hydrogen (secondary N) is 1. The van der Waals surface area contributed by atoms with Crippen LogP contribution in [0.3, 0.4) is 0 Å². The van der Waals surface area contributed by atoms with Gasteiger partial charge in [-0.05, 0) is 63.8 Å². The lowest BCUT2D eigenvalue weighted by molar-refractivity contribution is -0.135. The molecule has 20 heavy (non-hydrogen) atoms. The van der Waals surface area contributed by atoms with E-state index in [-0.39, 0.29) is 12.5 Å². The number of hydrogen-bond acceptors (Lipinski definition) is 1. The van der Waals surface area contributed by atoms with Crippen molar-refractivity contribution in [2.24, 2.45) is 0 Å². The van der Waals surface area contributed by atoms with Crippen LogP contribution in [0.25, 0.3) is 0 Å². The molecule has 1 rings (SSSR count). The summed E-state index contributed by atoms with van der Waals surface area (Å²) in [7, 11) is 0. The summed E-state index contributed by atoms with van der Waals surface area (Å²) < 4.78 is 36.1. The second kappa shape index (κ2) is 7.11. The van der Waals surface area contributed by atoms with Crippen molar-refractivity contribution >= 4 is 0 Å². The quantitative estimate of drug-likeness (QED) is 0.726. The van der Waals surface area contributed by atoms with E-state index in [1.165, 1.54) is 22.3 Å². The third-order valence-electron chi connectivity index (χ3n) is 3.51. The van der Waals surface area contributed by atoms with Crippen LogP contribution in [0.15, 0.2) is 12.1 Å². The Morgan fingerprint density at radius 2 is 1.60 bits per heavy atom. The molecule has 0 heterocycles. The molecule has 0 amide bonds. The van der Waals surface area contributed by atoms with Crippen molar-refractivity contribution in [2.45, 2.75) is 59.2 Å². The molecular weight excluding hydrogens is 263 g/mol. The highest BCUT2D eigenvalue weighted by molar-refractivity contribution is 5.39. The van der Waals surface area contributed by atoms with Crippen LogP contribution in [-0.2, 0) is 0 Å². The largest absolute Gasteiger partial charge is 0.389 e. The van der Waals surface area contributed by atoms with E-state index in [1.54, 1.807) is 0 Å². The Morgan fingerprint density at radius 1 is 1.05 bits per heavy atom. The third-order valence-corrected chi connectivity index (χ3v) is 3.51. The van der Waals surface area contributed by atoms with Crippen molar-refractivity contribution in [1.29, 1.82) is 0 Å². The highest BCUT2D eigenvalue weighted by Crippen LogP contribution is 2.24. The molecule has 0 aliphatic rings. The SMILES string of the molecule is Cc1cc(C)c(C(C)NCCCCC(F)(F)F)c(C)c1. The summed E-state index contributed by atoms with van der Waals surface area (Å²) in [5, 5.41) is 3.32. The van der Waals surface area contributed by atoms with Crippen LogP contribution in [0.1, 0.15) is 54.5 Å². The van der Waals surface area contributed by atoms with Gasteiger partial charge >= 0.3 is 6.18 Å². The van der Waals surface area contributed by atoms with Crippen molar-refractivity contribution in [3.8, 4) is 0 Å². The minimum absolute atomic E-state index is 0.168. The van der Waals surface area contributed by atoms with E-state index in [0.717, 1.165) is 0 Å². The molecule has 0 aliphatic carbocycles. The van der Waals surface area contributed by atoms with Gasteiger partial charge in [0.2, 0.25) is 0 Å². The minimum Gasteiger partial charge on any atom is -0.310 e. The van der Waals surface area contributed by atoms with E-state index in [9.17, 15) is 13.2 Å². The van der Waals surface area contributed by atoms with Gasteiger partial charge in [-0.3, -0.25) is 0 Å². The number of aryl methyl sites for hydroxylation is 3. The van der Waals surface area contributed by atoms with Gasteiger partial charge in [0.15, 0.2) is 0 Å². The van der Waals surface area contributed by atoms with Gasteiger partial charge in [0.25, 0.3) is 0 Å². The van der Waals surface area contributed by atoms with Gasteiger partial charge in [-0.1, -0.05) is 17.7 Å². The standard InChI is InChI=1S/C16H24F3N/c1-11-9-12(2)15(13(3)10-11)14(4)20-8-6-5-7-16(17,18)19/h9-10,14,20H,5-8H2,1-4H3. The molecule has 0 saturated carbocycles. The first-order chi connectivity index (χ1) is 9.20. The highest BCUT2D eigenvalue weighted by atomic mass is 19.4. The molecular formula is C16H24F3N. The second-order valence-electron chi connectivity index (χ2n) is 5.56. The topological polar surface area (TPSA) is 12.0 Å². The van der Waals surface area contributed by atoms with E-state index in [2.05, 4.69) is 45.1 Å². The van der Waals surface area contributed by atoms with E-state index < -0.39 is 12.6 Å². The molecule has 1 nitrogen and oxygen atoms in total. The van der Waals surface area contributed by atoms with E-state index in [0.29, 0.717) is 13.0 Å². The van der Waals surface area contributed by atoms with Crippen molar-refractivity contribution in [3.63, 3.8) is 0 Å². The number of hydrogen-bond donors (Lipinski definition) is 1. The third kappa shape index (κ3) is 5.53. The maximum Gasteiger partial charge on any atom is 0.389 e. The zero-order valence-corrected chi connectivity index (χ0v) is 12.7. The first-order valence-corrected chi connectivity index (χ1v) is 7.08. The molecule has 1 atom stereocenters. The molecule has 0 fully saturated rings. The lowest BCUT2D eigenvalue weighted by atomic mass is 9.95. The normalized spacial score (nSPS) is 13.6.